The van der Waals surface area contributed by atoms with E-state index >= 15 is 0 Å². The highest BCUT2D eigenvalue weighted by molar-refractivity contribution is 5.55. The Morgan fingerprint density at radius 2 is 1.69 bits per heavy atom. The summed E-state index contributed by atoms with van der Waals surface area (Å²) >= 11 is 0. The fraction of sp³-hybridized carbons (Fsp3) is 0.200. The molecular weight excluding hydrogens is 196 g/mol. The predicted molar refractivity (Wildman–Crippen MR) is 65.2 cm³/mol. The first-order valence-electron chi connectivity index (χ1n) is 5.60. The summed E-state index contributed by atoms with van der Waals surface area (Å²) < 4.78 is 5.99. The van der Waals surface area contributed by atoms with E-state index in [0.29, 0.717) is 0 Å². The molecule has 0 atom stereocenters. The lowest BCUT2D eigenvalue weighted by Gasteiger charge is -2.23. The summed E-state index contributed by atoms with van der Waals surface area (Å²) in [4.78, 5) is 0. The van der Waals surface area contributed by atoms with Crippen LogP contribution in [0.4, 0.5) is 0 Å². The Labute approximate surface area is 95.7 Å². The van der Waals surface area contributed by atoms with E-state index in [1.54, 1.807) is 0 Å². The molecule has 1 nitrogen and oxygen atoms in total. The van der Waals surface area contributed by atoms with Gasteiger partial charge in [-0.3, -0.25) is 0 Å². The third-order valence-electron chi connectivity index (χ3n) is 3.24. The second kappa shape index (κ2) is 3.38. The highest BCUT2D eigenvalue weighted by atomic mass is 16.5. The highest BCUT2D eigenvalue weighted by Gasteiger charge is 2.19. The summed E-state index contributed by atoms with van der Waals surface area (Å²) in [5.74, 6) is 2.06. The Kier molecular flexibility index (Phi) is 2.00. The van der Waals surface area contributed by atoms with Crippen molar-refractivity contribution in [3.05, 3.63) is 58.7 Å². The van der Waals surface area contributed by atoms with Crippen molar-refractivity contribution in [1.29, 1.82) is 0 Å². The van der Waals surface area contributed by atoms with Crippen LogP contribution in [0.15, 0.2) is 36.4 Å². The van der Waals surface area contributed by atoms with Gasteiger partial charge in [0.1, 0.15) is 11.5 Å². The van der Waals surface area contributed by atoms with Gasteiger partial charge in [0.2, 0.25) is 0 Å². The van der Waals surface area contributed by atoms with Crippen LogP contribution in [0.3, 0.4) is 0 Å². The van der Waals surface area contributed by atoms with E-state index in [0.717, 1.165) is 17.9 Å². The average Bonchev–Trinajstić information content (AvgIpc) is 2.32. The van der Waals surface area contributed by atoms with Gasteiger partial charge in [-0.2, -0.15) is 0 Å². The number of hydrogen-bond donors (Lipinski definition) is 0. The maximum atomic E-state index is 5.99. The quantitative estimate of drug-likeness (QED) is 0.545. The number of rotatable bonds is 0. The third kappa shape index (κ3) is 1.32. The Morgan fingerprint density at radius 1 is 0.938 bits per heavy atom. The van der Waals surface area contributed by atoms with E-state index < -0.39 is 0 Å². The van der Waals surface area contributed by atoms with Gasteiger partial charge in [0.05, 0.1) is 0 Å². The van der Waals surface area contributed by atoms with Gasteiger partial charge in [-0.25, -0.2) is 0 Å². The Morgan fingerprint density at radius 3 is 2.56 bits per heavy atom. The number of benzene rings is 2. The van der Waals surface area contributed by atoms with Gasteiger partial charge in [0, 0.05) is 12.0 Å². The van der Waals surface area contributed by atoms with Gasteiger partial charge in [-0.1, -0.05) is 30.3 Å². The molecule has 0 aliphatic carbocycles. The molecule has 0 bridgehead atoms. The van der Waals surface area contributed by atoms with E-state index in [1.165, 1.54) is 22.3 Å². The normalized spacial score (nSPS) is 12.6. The van der Waals surface area contributed by atoms with Gasteiger partial charge in [0.25, 0.3) is 0 Å². The summed E-state index contributed by atoms with van der Waals surface area (Å²) in [7, 11) is 0. The lowest BCUT2D eigenvalue weighted by atomic mass is 9.94. The van der Waals surface area contributed by atoms with E-state index in [2.05, 4.69) is 38.1 Å². The molecule has 80 valence electrons. The van der Waals surface area contributed by atoms with Crippen LogP contribution < -0.4 is 4.74 Å². The van der Waals surface area contributed by atoms with Crippen molar-refractivity contribution in [2.45, 2.75) is 20.3 Å². The second-order valence-corrected chi connectivity index (χ2v) is 4.39. The number of ether oxygens (including phenoxy) is 1. The Bertz CT molecular complexity index is 505. The summed E-state index contributed by atoms with van der Waals surface area (Å²) in [6, 6.07) is 12.6. The smallest absolute Gasteiger partial charge is 0.134 e. The Balaban J connectivity index is 2.19. The van der Waals surface area contributed by atoms with Gasteiger partial charge < -0.3 is 4.74 Å². The standard InChI is InChI=1S/C15H14O/c1-10-7-8-11(2)15-13(10)9-12-5-3-4-6-14(12)16-15/h3-8H,9H2,1-2H3. The van der Waals surface area contributed by atoms with Crippen molar-refractivity contribution in [3.63, 3.8) is 0 Å². The van der Waals surface area contributed by atoms with Crippen LogP contribution in [-0.4, -0.2) is 0 Å². The first kappa shape index (κ1) is 9.46. The van der Waals surface area contributed by atoms with E-state index in [9.17, 15) is 0 Å². The molecule has 1 heteroatoms. The minimum absolute atomic E-state index is 0.985. The molecule has 1 aliphatic rings. The summed E-state index contributed by atoms with van der Waals surface area (Å²) in [6.07, 6.45) is 0.985. The number of fused-ring (bicyclic) bond motifs is 2. The van der Waals surface area contributed by atoms with Crippen molar-refractivity contribution in [2.75, 3.05) is 0 Å². The SMILES string of the molecule is Cc1ccc(C)c2c1Cc1ccccc1O2. The largest absolute Gasteiger partial charge is 0.456 e. The fourth-order valence-electron chi connectivity index (χ4n) is 2.26. The monoisotopic (exact) mass is 210 g/mol. The zero-order valence-corrected chi connectivity index (χ0v) is 9.58. The summed E-state index contributed by atoms with van der Waals surface area (Å²) in [5.41, 5.74) is 5.15. The molecule has 1 heterocycles. The lowest BCUT2D eigenvalue weighted by molar-refractivity contribution is 0.455. The molecule has 0 fully saturated rings. The van der Waals surface area contributed by atoms with Crippen LogP contribution in [0.1, 0.15) is 22.3 Å². The molecular formula is C15H14O. The van der Waals surface area contributed by atoms with E-state index in [1.807, 2.05) is 12.1 Å². The maximum Gasteiger partial charge on any atom is 0.134 e. The molecule has 0 saturated carbocycles. The molecule has 3 rings (SSSR count). The highest BCUT2D eigenvalue weighted by Crippen LogP contribution is 2.39. The number of hydrogen-bond acceptors (Lipinski definition) is 1. The second-order valence-electron chi connectivity index (χ2n) is 4.39. The molecule has 0 saturated heterocycles. The number of aryl methyl sites for hydroxylation is 2. The van der Waals surface area contributed by atoms with Gasteiger partial charge >= 0.3 is 0 Å². The topological polar surface area (TPSA) is 9.23 Å². The maximum absolute atomic E-state index is 5.99. The van der Waals surface area contributed by atoms with Crippen LogP contribution in [0, 0.1) is 13.8 Å². The van der Waals surface area contributed by atoms with Crippen molar-refractivity contribution >= 4 is 0 Å². The lowest BCUT2D eigenvalue weighted by Crippen LogP contribution is -2.05. The Hall–Kier alpha value is -1.76. The van der Waals surface area contributed by atoms with Gasteiger partial charge in [0.15, 0.2) is 0 Å². The summed E-state index contributed by atoms with van der Waals surface area (Å²) in [5, 5.41) is 0. The minimum atomic E-state index is 0.985. The van der Waals surface area contributed by atoms with Crippen molar-refractivity contribution in [3.8, 4) is 11.5 Å². The van der Waals surface area contributed by atoms with Gasteiger partial charge in [-0.05, 0) is 36.6 Å². The van der Waals surface area contributed by atoms with Crippen LogP contribution in [0.25, 0.3) is 0 Å². The zero-order chi connectivity index (χ0) is 11.1. The van der Waals surface area contributed by atoms with Gasteiger partial charge in [-0.15, -0.1) is 0 Å². The van der Waals surface area contributed by atoms with Crippen LogP contribution >= 0.6 is 0 Å². The molecule has 16 heavy (non-hydrogen) atoms. The molecule has 0 unspecified atom stereocenters. The third-order valence-corrected chi connectivity index (χ3v) is 3.24. The van der Waals surface area contributed by atoms with Crippen molar-refractivity contribution in [2.24, 2.45) is 0 Å². The molecule has 0 radical (unpaired) electrons. The molecule has 1 aliphatic heterocycles. The summed E-state index contributed by atoms with van der Waals surface area (Å²) in [6.45, 7) is 4.25. The molecule has 2 aromatic carbocycles. The fourth-order valence-corrected chi connectivity index (χ4v) is 2.26. The minimum Gasteiger partial charge on any atom is -0.456 e. The van der Waals surface area contributed by atoms with Crippen LogP contribution in [0.5, 0.6) is 11.5 Å². The first-order valence-corrected chi connectivity index (χ1v) is 5.60. The molecule has 0 aromatic heterocycles. The molecule has 2 aromatic rings. The van der Waals surface area contributed by atoms with E-state index in [4.69, 9.17) is 4.74 Å². The van der Waals surface area contributed by atoms with Crippen LogP contribution in [0.2, 0.25) is 0 Å². The van der Waals surface area contributed by atoms with Crippen LogP contribution in [-0.2, 0) is 6.42 Å². The van der Waals surface area contributed by atoms with Crippen molar-refractivity contribution < 1.29 is 4.74 Å². The average molecular weight is 210 g/mol. The molecule has 0 spiro atoms. The predicted octanol–water partition coefficient (Wildman–Crippen LogP) is 4.00. The number of para-hydroxylation sites is 1. The molecule has 0 amide bonds. The first-order chi connectivity index (χ1) is 7.75. The zero-order valence-electron chi connectivity index (χ0n) is 9.58. The van der Waals surface area contributed by atoms with E-state index in [-0.39, 0.29) is 0 Å². The molecule has 0 N–H and O–H groups in total. The van der Waals surface area contributed by atoms with Crippen molar-refractivity contribution in [1.82, 2.24) is 0 Å².